The molecule has 0 unspecified atom stereocenters. The highest BCUT2D eigenvalue weighted by Gasteiger charge is 2.22. The van der Waals surface area contributed by atoms with Gasteiger partial charge in [0.15, 0.2) is 0 Å². The lowest BCUT2D eigenvalue weighted by atomic mass is 10.1. The average Bonchev–Trinajstić information content (AvgIpc) is 3.26. The van der Waals surface area contributed by atoms with Gasteiger partial charge in [0, 0.05) is 11.6 Å². The summed E-state index contributed by atoms with van der Waals surface area (Å²) in [6.07, 6.45) is 4.80. The van der Waals surface area contributed by atoms with Gasteiger partial charge in [-0.05, 0) is 38.0 Å². The number of anilines is 1. The second-order valence-corrected chi connectivity index (χ2v) is 7.23. The van der Waals surface area contributed by atoms with Crippen molar-refractivity contribution in [2.75, 3.05) is 5.32 Å². The molecule has 0 saturated heterocycles. The summed E-state index contributed by atoms with van der Waals surface area (Å²) in [5, 5.41) is 19.2. The molecule has 1 fully saturated rings. The molecule has 0 spiro atoms. The minimum atomic E-state index is -0.331. The summed E-state index contributed by atoms with van der Waals surface area (Å²) in [4.78, 5) is 16.8. The van der Waals surface area contributed by atoms with Crippen molar-refractivity contribution in [3.05, 3.63) is 35.7 Å². The second kappa shape index (κ2) is 7.49. The van der Waals surface area contributed by atoms with E-state index < -0.39 is 0 Å². The quantitative estimate of drug-likeness (QED) is 0.812. The van der Waals surface area contributed by atoms with E-state index in [1.54, 1.807) is 24.3 Å². The van der Waals surface area contributed by atoms with Crippen molar-refractivity contribution in [2.45, 2.75) is 48.9 Å². The lowest BCUT2D eigenvalue weighted by Crippen LogP contribution is -2.22. The van der Waals surface area contributed by atoms with Crippen molar-refractivity contribution in [1.82, 2.24) is 15.2 Å². The van der Waals surface area contributed by atoms with Crippen molar-refractivity contribution in [2.24, 2.45) is 0 Å². The molecule has 7 heteroatoms. The fourth-order valence-electron chi connectivity index (χ4n) is 2.81. The van der Waals surface area contributed by atoms with Crippen LogP contribution in [0.1, 0.15) is 49.9 Å². The predicted molar refractivity (Wildman–Crippen MR) is 92.7 cm³/mol. The average molecular weight is 341 g/mol. The van der Waals surface area contributed by atoms with Crippen molar-refractivity contribution < 1.29 is 4.79 Å². The number of carbonyl (C=O) groups excluding carboxylic acids is 1. The number of benzene rings is 1. The molecule has 0 bridgehead atoms. The van der Waals surface area contributed by atoms with Crippen LogP contribution in [-0.4, -0.2) is 26.3 Å². The van der Waals surface area contributed by atoms with Crippen LogP contribution in [0.3, 0.4) is 0 Å². The molecular weight excluding hydrogens is 322 g/mol. The Balaban J connectivity index is 1.58. The van der Waals surface area contributed by atoms with Crippen LogP contribution in [0.4, 0.5) is 5.69 Å². The molecule has 1 aliphatic carbocycles. The molecule has 124 valence electrons. The first-order valence-electron chi connectivity index (χ1n) is 8.05. The molecule has 2 N–H and O–H groups in total. The zero-order valence-corrected chi connectivity index (χ0v) is 14.3. The maximum atomic E-state index is 12.3. The van der Waals surface area contributed by atoms with Crippen LogP contribution in [0.25, 0.3) is 0 Å². The molecule has 0 radical (unpaired) electrons. The Kier molecular flexibility index (Phi) is 5.16. The van der Waals surface area contributed by atoms with E-state index in [1.165, 1.54) is 24.6 Å². The maximum Gasteiger partial charge on any atom is 0.237 e. The zero-order chi connectivity index (χ0) is 16.9. The third-order valence-electron chi connectivity index (χ3n) is 4.13. The van der Waals surface area contributed by atoms with E-state index in [1.807, 2.05) is 6.92 Å². The standard InChI is InChI=1S/C17H19N5OS/c1-11(16(23)19-14-8-4-5-12(9-14)10-18)24-17-20-15(21-22-17)13-6-2-3-7-13/h4-5,8-9,11,13H,2-3,6-7H2,1H3,(H,19,23)(H,20,21,22)/t11-/m1/s1. The number of amides is 1. The smallest absolute Gasteiger partial charge is 0.237 e. The number of nitrogens with one attached hydrogen (secondary N) is 2. The molecule has 2 aromatic rings. The van der Waals surface area contributed by atoms with Crippen molar-refractivity contribution in [3.63, 3.8) is 0 Å². The molecule has 1 aromatic carbocycles. The van der Waals surface area contributed by atoms with Crippen LogP contribution in [0.5, 0.6) is 0 Å². The lowest BCUT2D eigenvalue weighted by molar-refractivity contribution is -0.115. The lowest BCUT2D eigenvalue weighted by Gasteiger charge is -2.10. The summed E-state index contributed by atoms with van der Waals surface area (Å²) in [6.45, 7) is 1.82. The number of hydrogen-bond acceptors (Lipinski definition) is 5. The normalized spacial score (nSPS) is 15.8. The number of nitrogens with zero attached hydrogens (tertiary/aromatic N) is 3. The minimum Gasteiger partial charge on any atom is -0.325 e. The largest absolute Gasteiger partial charge is 0.325 e. The number of thioether (sulfide) groups is 1. The van der Waals surface area contributed by atoms with Gasteiger partial charge in [-0.1, -0.05) is 30.7 Å². The molecule has 3 rings (SSSR count). The van der Waals surface area contributed by atoms with Crippen LogP contribution in [0, 0.1) is 11.3 Å². The van der Waals surface area contributed by atoms with E-state index in [0.717, 1.165) is 18.7 Å². The van der Waals surface area contributed by atoms with Gasteiger partial charge in [0.25, 0.3) is 0 Å². The highest BCUT2D eigenvalue weighted by Crippen LogP contribution is 2.33. The molecule has 6 nitrogen and oxygen atoms in total. The van der Waals surface area contributed by atoms with E-state index >= 15 is 0 Å². The molecular formula is C17H19N5OS. The zero-order valence-electron chi connectivity index (χ0n) is 13.5. The van der Waals surface area contributed by atoms with Crippen LogP contribution in [0.2, 0.25) is 0 Å². The monoisotopic (exact) mass is 341 g/mol. The van der Waals surface area contributed by atoms with Gasteiger partial charge in [0.05, 0.1) is 16.9 Å². The van der Waals surface area contributed by atoms with Gasteiger partial charge in [0.2, 0.25) is 11.1 Å². The Morgan fingerprint density at radius 2 is 2.25 bits per heavy atom. The summed E-state index contributed by atoms with van der Waals surface area (Å²) in [5.41, 5.74) is 1.14. The number of nitriles is 1. The highest BCUT2D eigenvalue weighted by atomic mass is 32.2. The first-order chi connectivity index (χ1) is 11.7. The molecule has 1 amide bonds. The van der Waals surface area contributed by atoms with Crippen molar-refractivity contribution in [1.29, 1.82) is 5.26 Å². The summed E-state index contributed by atoms with van der Waals surface area (Å²) in [6, 6.07) is 8.92. The van der Waals surface area contributed by atoms with Crippen LogP contribution < -0.4 is 5.32 Å². The first-order valence-corrected chi connectivity index (χ1v) is 8.93. The van der Waals surface area contributed by atoms with E-state index in [0.29, 0.717) is 22.3 Å². The Morgan fingerprint density at radius 1 is 1.46 bits per heavy atom. The van der Waals surface area contributed by atoms with Gasteiger partial charge < -0.3 is 5.32 Å². The van der Waals surface area contributed by atoms with Gasteiger partial charge in [0.1, 0.15) is 5.82 Å². The SMILES string of the molecule is C[C@@H](Sc1n[nH]c(C2CCCC2)n1)C(=O)Nc1cccc(C#N)c1. The summed E-state index contributed by atoms with van der Waals surface area (Å²) in [7, 11) is 0. The summed E-state index contributed by atoms with van der Waals surface area (Å²) in [5.74, 6) is 1.27. The third-order valence-corrected chi connectivity index (χ3v) is 5.10. The van der Waals surface area contributed by atoms with Crippen molar-refractivity contribution >= 4 is 23.4 Å². The minimum absolute atomic E-state index is 0.137. The fraction of sp³-hybridized carbons (Fsp3) is 0.412. The van der Waals surface area contributed by atoms with E-state index in [4.69, 9.17) is 5.26 Å². The van der Waals surface area contributed by atoms with E-state index in [-0.39, 0.29) is 11.2 Å². The highest BCUT2D eigenvalue weighted by molar-refractivity contribution is 8.00. The van der Waals surface area contributed by atoms with Gasteiger partial charge in [-0.2, -0.15) is 5.26 Å². The Labute approximate surface area is 145 Å². The van der Waals surface area contributed by atoms with E-state index in [2.05, 4.69) is 26.6 Å². The van der Waals surface area contributed by atoms with E-state index in [9.17, 15) is 4.79 Å². The topological polar surface area (TPSA) is 94.5 Å². The number of rotatable bonds is 5. The number of carbonyl (C=O) groups is 1. The predicted octanol–water partition coefficient (Wildman–Crippen LogP) is 3.45. The van der Waals surface area contributed by atoms with Gasteiger partial charge in [-0.15, -0.1) is 5.10 Å². The van der Waals surface area contributed by atoms with Gasteiger partial charge >= 0.3 is 0 Å². The van der Waals surface area contributed by atoms with Gasteiger partial charge in [-0.3, -0.25) is 9.89 Å². The second-order valence-electron chi connectivity index (χ2n) is 5.93. The molecule has 1 heterocycles. The number of aromatic nitrogens is 3. The molecule has 1 aliphatic rings. The number of hydrogen-bond donors (Lipinski definition) is 2. The first kappa shape index (κ1) is 16.5. The summed E-state index contributed by atoms with van der Waals surface area (Å²) < 4.78 is 0. The van der Waals surface area contributed by atoms with Crippen LogP contribution in [-0.2, 0) is 4.79 Å². The van der Waals surface area contributed by atoms with Gasteiger partial charge in [-0.25, -0.2) is 4.98 Å². The molecule has 0 aliphatic heterocycles. The molecule has 1 aromatic heterocycles. The Morgan fingerprint density at radius 3 is 3.00 bits per heavy atom. The molecule has 1 atom stereocenters. The molecule has 24 heavy (non-hydrogen) atoms. The maximum absolute atomic E-state index is 12.3. The van der Waals surface area contributed by atoms with Crippen LogP contribution in [0.15, 0.2) is 29.4 Å². The van der Waals surface area contributed by atoms with Crippen molar-refractivity contribution in [3.8, 4) is 6.07 Å². The summed E-state index contributed by atoms with van der Waals surface area (Å²) >= 11 is 1.33. The molecule has 1 saturated carbocycles. The number of H-pyrrole nitrogens is 1. The fourth-order valence-corrected chi connectivity index (χ4v) is 3.55. The Hall–Kier alpha value is -2.33. The number of aromatic amines is 1. The third kappa shape index (κ3) is 3.95. The Bertz CT molecular complexity index is 760. The van der Waals surface area contributed by atoms with Crippen LogP contribution >= 0.6 is 11.8 Å².